The third kappa shape index (κ3) is 3.24. The molecule has 0 unspecified atom stereocenters. The Bertz CT molecular complexity index is 1390. The topological polar surface area (TPSA) is 90.1 Å². The molecular formula is C22H21N5O4. The molecule has 0 aliphatic carbocycles. The summed E-state index contributed by atoms with van der Waals surface area (Å²) in [7, 11) is 3.89. The lowest BCUT2D eigenvalue weighted by molar-refractivity contribution is -0.117. The Morgan fingerprint density at radius 1 is 1.13 bits per heavy atom. The third-order valence-corrected chi connectivity index (χ3v) is 5.29. The largest absolute Gasteiger partial charge is 0.454 e. The number of nitrogens with zero attached hydrogens (tertiary/aromatic N) is 4. The van der Waals surface area contributed by atoms with E-state index in [1.54, 1.807) is 6.07 Å². The molecule has 2 aromatic carbocycles. The maximum absolute atomic E-state index is 13.1. The van der Waals surface area contributed by atoms with E-state index >= 15 is 0 Å². The van der Waals surface area contributed by atoms with E-state index < -0.39 is 0 Å². The van der Waals surface area contributed by atoms with Gasteiger partial charge in [-0.2, -0.15) is 0 Å². The Kier molecular flexibility index (Phi) is 4.32. The molecule has 158 valence electrons. The minimum absolute atomic E-state index is 0.150. The second kappa shape index (κ2) is 7.05. The number of hydrogen-bond donors (Lipinski definition) is 1. The van der Waals surface area contributed by atoms with Gasteiger partial charge in [-0.05, 0) is 48.9 Å². The first-order valence-corrected chi connectivity index (χ1v) is 9.80. The van der Waals surface area contributed by atoms with Crippen LogP contribution in [0.1, 0.15) is 5.56 Å². The van der Waals surface area contributed by atoms with Gasteiger partial charge in [0.05, 0.1) is 5.52 Å². The van der Waals surface area contributed by atoms with E-state index in [2.05, 4.69) is 10.4 Å². The van der Waals surface area contributed by atoms with E-state index in [1.165, 1.54) is 9.08 Å². The van der Waals surface area contributed by atoms with Crippen LogP contribution in [0.5, 0.6) is 11.5 Å². The van der Waals surface area contributed by atoms with Gasteiger partial charge in [0.15, 0.2) is 17.1 Å². The zero-order valence-electron chi connectivity index (χ0n) is 17.4. The molecule has 5 rings (SSSR count). The number of anilines is 2. The van der Waals surface area contributed by atoms with Gasteiger partial charge in [-0.1, -0.05) is 0 Å². The smallest absolute Gasteiger partial charge is 0.351 e. The Morgan fingerprint density at radius 3 is 2.55 bits per heavy atom. The van der Waals surface area contributed by atoms with E-state index in [-0.39, 0.29) is 24.9 Å². The summed E-state index contributed by atoms with van der Waals surface area (Å²) in [6.07, 6.45) is 0. The van der Waals surface area contributed by atoms with Crippen LogP contribution in [0.3, 0.4) is 0 Å². The van der Waals surface area contributed by atoms with Gasteiger partial charge >= 0.3 is 5.69 Å². The molecule has 31 heavy (non-hydrogen) atoms. The predicted molar refractivity (Wildman–Crippen MR) is 117 cm³/mol. The first-order valence-electron chi connectivity index (χ1n) is 9.80. The maximum Gasteiger partial charge on any atom is 0.351 e. The van der Waals surface area contributed by atoms with Gasteiger partial charge in [-0.15, -0.1) is 5.10 Å². The Hall–Kier alpha value is -4.01. The minimum Gasteiger partial charge on any atom is -0.454 e. The molecule has 0 saturated carbocycles. The molecule has 3 heterocycles. The van der Waals surface area contributed by atoms with Crippen molar-refractivity contribution in [1.82, 2.24) is 14.2 Å². The molecule has 1 amide bonds. The van der Waals surface area contributed by atoms with Crippen molar-refractivity contribution in [1.29, 1.82) is 0 Å². The molecule has 1 aliphatic rings. The first kappa shape index (κ1) is 19.0. The van der Waals surface area contributed by atoms with Crippen molar-refractivity contribution in [3.05, 3.63) is 58.5 Å². The van der Waals surface area contributed by atoms with Crippen molar-refractivity contribution in [3.8, 4) is 11.5 Å². The predicted octanol–water partition coefficient (Wildman–Crippen LogP) is 2.39. The van der Waals surface area contributed by atoms with Crippen LogP contribution >= 0.6 is 0 Å². The lowest BCUT2D eigenvalue weighted by Crippen LogP contribution is -2.28. The summed E-state index contributed by atoms with van der Waals surface area (Å²) in [6, 6.07) is 13.0. The first-order chi connectivity index (χ1) is 14.9. The van der Waals surface area contributed by atoms with Crippen LogP contribution in [0.4, 0.5) is 11.4 Å². The van der Waals surface area contributed by atoms with Gasteiger partial charge in [0.1, 0.15) is 6.54 Å². The number of aromatic nitrogens is 3. The number of nitrogens with one attached hydrogen (secondary N) is 1. The lowest BCUT2D eigenvalue weighted by atomic mass is 10.1. The quantitative estimate of drug-likeness (QED) is 0.546. The van der Waals surface area contributed by atoms with Crippen molar-refractivity contribution in [3.63, 3.8) is 0 Å². The van der Waals surface area contributed by atoms with E-state index in [0.29, 0.717) is 28.4 Å². The van der Waals surface area contributed by atoms with Crippen molar-refractivity contribution in [2.24, 2.45) is 0 Å². The summed E-state index contributed by atoms with van der Waals surface area (Å²) < 4.78 is 13.6. The van der Waals surface area contributed by atoms with Crippen molar-refractivity contribution >= 4 is 33.8 Å². The monoisotopic (exact) mass is 419 g/mol. The van der Waals surface area contributed by atoms with Crippen LogP contribution < -0.4 is 25.4 Å². The Morgan fingerprint density at radius 2 is 1.84 bits per heavy atom. The molecule has 0 spiro atoms. The summed E-state index contributed by atoms with van der Waals surface area (Å²) >= 11 is 0. The molecule has 1 aliphatic heterocycles. The fourth-order valence-electron chi connectivity index (χ4n) is 3.72. The minimum atomic E-state index is -0.388. The molecule has 9 heteroatoms. The number of aryl methyl sites for hydroxylation is 1. The van der Waals surface area contributed by atoms with E-state index in [1.807, 2.05) is 62.3 Å². The van der Waals surface area contributed by atoms with E-state index in [4.69, 9.17) is 9.47 Å². The molecule has 0 fully saturated rings. The second-order valence-electron chi connectivity index (χ2n) is 7.68. The average molecular weight is 419 g/mol. The summed E-state index contributed by atoms with van der Waals surface area (Å²) in [5, 5.41) is 8.05. The summed E-state index contributed by atoms with van der Waals surface area (Å²) in [5.41, 5.74) is 3.27. The van der Waals surface area contributed by atoms with Gasteiger partial charge in [0.25, 0.3) is 0 Å². The number of ether oxygens (including phenoxy) is 2. The van der Waals surface area contributed by atoms with Gasteiger partial charge < -0.3 is 19.7 Å². The zero-order chi connectivity index (χ0) is 21.7. The molecule has 4 aromatic rings. The number of benzene rings is 2. The highest BCUT2D eigenvalue weighted by Gasteiger charge is 2.19. The number of carbonyl (C=O) groups excluding carboxylic acids is 1. The van der Waals surface area contributed by atoms with Crippen LogP contribution in [0, 0.1) is 6.92 Å². The number of amides is 1. The van der Waals surface area contributed by atoms with Gasteiger partial charge in [-0.3, -0.25) is 4.79 Å². The molecule has 0 atom stereocenters. The fourth-order valence-corrected chi connectivity index (χ4v) is 3.72. The molecule has 0 radical (unpaired) electrons. The number of rotatable bonds is 4. The third-order valence-electron chi connectivity index (χ3n) is 5.29. The zero-order valence-corrected chi connectivity index (χ0v) is 17.4. The number of pyridine rings is 1. The SMILES string of the molecule is Cc1cc2cc3c(cc2n2c(=O)n(CC(=O)Nc4ccc(N(C)C)cc4)nc12)OCO3. The van der Waals surface area contributed by atoms with Crippen molar-refractivity contribution < 1.29 is 14.3 Å². The number of hydrogen-bond acceptors (Lipinski definition) is 6. The van der Waals surface area contributed by atoms with Crippen LogP contribution in [0.15, 0.2) is 47.3 Å². The van der Waals surface area contributed by atoms with Gasteiger partial charge in [0.2, 0.25) is 12.7 Å². The summed E-state index contributed by atoms with van der Waals surface area (Å²) in [5.74, 6) is 0.894. The summed E-state index contributed by atoms with van der Waals surface area (Å²) in [6.45, 7) is 1.83. The standard InChI is InChI=1S/C22H21N5O4/c1-13-8-14-9-18-19(31-12-30-18)10-17(14)27-21(13)24-26(22(27)29)11-20(28)23-15-4-6-16(7-5-15)25(2)3/h4-10H,11-12H2,1-3H3,(H,23,28). The maximum atomic E-state index is 13.1. The van der Waals surface area contributed by atoms with E-state index in [9.17, 15) is 9.59 Å². The fraction of sp³-hybridized carbons (Fsp3) is 0.227. The second-order valence-corrected chi connectivity index (χ2v) is 7.68. The van der Waals surface area contributed by atoms with Crippen LogP contribution in [0.2, 0.25) is 0 Å². The average Bonchev–Trinajstić information content (AvgIpc) is 3.32. The van der Waals surface area contributed by atoms with Crippen molar-refractivity contribution in [2.75, 3.05) is 31.1 Å². The van der Waals surface area contributed by atoms with Crippen LogP contribution in [0.25, 0.3) is 16.6 Å². The Balaban J connectivity index is 1.48. The molecule has 0 saturated heterocycles. The van der Waals surface area contributed by atoms with Gasteiger partial charge in [0, 0.05) is 36.9 Å². The molecular weight excluding hydrogens is 398 g/mol. The van der Waals surface area contributed by atoms with Crippen LogP contribution in [-0.4, -0.2) is 41.0 Å². The number of carbonyl (C=O) groups is 1. The summed E-state index contributed by atoms with van der Waals surface area (Å²) in [4.78, 5) is 27.6. The molecule has 1 N–H and O–H groups in total. The van der Waals surface area contributed by atoms with Gasteiger partial charge in [-0.25, -0.2) is 13.9 Å². The highest BCUT2D eigenvalue weighted by molar-refractivity contribution is 5.91. The normalized spacial score (nSPS) is 12.5. The molecule has 0 bridgehead atoms. The highest BCUT2D eigenvalue weighted by Crippen LogP contribution is 2.36. The molecule has 9 nitrogen and oxygen atoms in total. The highest BCUT2D eigenvalue weighted by atomic mass is 16.7. The van der Waals surface area contributed by atoms with Crippen LogP contribution in [-0.2, 0) is 11.3 Å². The van der Waals surface area contributed by atoms with E-state index in [0.717, 1.165) is 16.6 Å². The number of fused-ring (bicyclic) bond motifs is 4. The lowest BCUT2D eigenvalue weighted by Gasteiger charge is -2.13. The Labute approximate surface area is 177 Å². The van der Waals surface area contributed by atoms with Crippen molar-refractivity contribution in [2.45, 2.75) is 13.5 Å². The molecule has 2 aromatic heterocycles.